The van der Waals surface area contributed by atoms with Gasteiger partial charge in [-0.25, -0.2) is 0 Å². The zero-order chi connectivity index (χ0) is 7.98. The Morgan fingerprint density at radius 1 is 1.80 bits per heavy atom. The molecule has 0 aromatic heterocycles. The lowest BCUT2D eigenvalue weighted by Gasteiger charge is -2.09. The summed E-state index contributed by atoms with van der Waals surface area (Å²) in [6.07, 6.45) is 0.212. The molecule has 0 radical (unpaired) electrons. The van der Waals surface area contributed by atoms with Crippen molar-refractivity contribution in [3.63, 3.8) is 0 Å². The van der Waals surface area contributed by atoms with Gasteiger partial charge in [-0.1, -0.05) is 0 Å². The summed E-state index contributed by atoms with van der Waals surface area (Å²) in [5, 5.41) is 11.4. The largest absolute Gasteiger partial charge is 0.469 e. The summed E-state index contributed by atoms with van der Waals surface area (Å²) in [7, 11) is 3.01. The van der Waals surface area contributed by atoms with Gasteiger partial charge in [0.2, 0.25) is 0 Å². The van der Waals surface area contributed by atoms with Crippen LogP contribution in [0, 0.1) is 0 Å². The first-order valence-electron chi connectivity index (χ1n) is 3.09. The van der Waals surface area contributed by atoms with Gasteiger partial charge in [-0.2, -0.15) is 0 Å². The molecule has 10 heavy (non-hydrogen) atoms. The average molecular weight is 147 g/mol. The second-order valence-electron chi connectivity index (χ2n) is 1.95. The van der Waals surface area contributed by atoms with Gasteiger partial charge in [-0.15, -0.1) is 0 Å². The third-order valence-corrected chi connectivity index (χ3v) is 1.27. The molecule has 0 heterocycles. The van der Waals surface area contributed by atoms with Crippen LogP contribution in [0.1, 0.15) is 6.42 Å². The topological polar surface area (TPSA) is 58.6 Å². The number of carbonyl (C=O) groups is 1. The minimum absolute atomic E-state index is 0.0500. The van der Waals surface area contributed by atoms with Crippen LogP contribution in [0.5, 0.6) is 0 Å². The van der Waals surface area contributed by atoms with Crippen LogP contribution in [0.3, 0.4) is 0 Å². The predicted molar refractivity (Wildman–Crippen MR) is 36.6 cm³/mol. The molecule has 0 aromatic rings. The summed E-state index contributed by atoms with van der Waals surface area (Å²) in [5.41, 5.74) is 0. The molecule has 0 aliphatic carbocycles. The number of nitrogens with one attached hydrogen (secondary N) is 1. The third kappa shape index (κ3) is 3.42. The van der Waals surface area contributed by atoms with E-state index in [-0.39, 0.29) is 25.0 Å². The summed E-state index contributed by atoms with van der Waals surface area (Å²) in [5.74, 6) is -0.312. The monoisotopic (exact) mass is 147 g/mol. The highest BCUT2D eigenvalue weighted by Crippen LogP contribution is 1.91. The van der Waals surface area contributed by atoms with Gasteiger partial charge < -0.3 is 15.2 Å². The molecular formula is C6H13NO3. The Morgan fingerprint density at radius 2 is 2.40 bits per heavy atom. The molecule has 0 saturated carbocycles. The highest BCUT2D eigenvalue weighted by Gasteiger charge is 2.09. The van der Waals surface area contributed by atoms with Crippen molar-refractivity contribution in [3.05, 3.63) is 0 Å². The van der Waals surface area contributed by atoms with Crippen molar-refractivity contribution >= 4 is 5.97 Å². The van der Waals surface area contributed by atoms with E-state index in [1.165, 1.54) is 7.11 Å². The number of aliphatic hydroxyl groups excluding tert-OH is 1. The fourth-order valence-electron chi connectivity index (χ4n) is 0.542. The summed E-state index contributed by atoms with van der Waals surface area (Å²) in [6, 6.07) is -0.188. The summed E-state index contributed by atoms with van der Waals surface area (Å²) in [6.45, 7) is -0.0500. The van der Waals surface area contributed by atoms with Crippen LogP contribution in [0.25, 0.3) is 0 Å². The predicted octanol–water partition coefficient (Wildman–Crippen LogP) is -0.870. The fraction of sp³-hybridized carbons (Fsp3) is 0.833. The number of hydrogen-bond donors (Lipinski definition) is 2. The summed E-state index contributed by atoms with van der Waals surface area (Å²) in [4.78, 5) is 10.6. The van der Waals surface area contributed by atoms with Crippen molar-refractivity contribution in [1.29, 1.82) is 0 Å². The zero-order valence-electron chi connectivity index (χ0n) is 6.26. The molecular weight excluding hydrogens is 134 g/mol. The molecule has 2 N–H and O–H groups in total. The Hall–Kier alpha value is -0.610. The highest BCUT2D eigenvalue weighted by molar-refractivity contribution is 5.69. The van der Waals surface area contributed by atoms with Crippen LogP contribution in [-0.4, -0.2) is 37.9 Å². The van der Waals surface area contributed by atoms with Crippen molar-refractivity contribution in [2.24, 2.45) is 0 Å². The van der Waals surface area contributed by atoms with E-state index in [0.29, 0.717) is 0 Å². The van der Waals surface area contributed by atoms with Crippen LogP contribution in [0.4, 0.5) is 0 Å². The van der Waals surface area contributed by atoms with Gasteiger partial charge >= 0.3 is 5.97 Å². The van der Waals surface area contributed by atoms with Gasteiger partial charge in [0.05, 0.1) is 20.1 Å². The number of carbonyl (C=O) groups excluding carboxylic acids is 1. The van der Waals surface area contributed by atoms with Crippen molar-refractivity contribution in [2.45, 2.75) is 12.5 Å². The van der Waals surface area contributed by atoms with E-state index in [0.717, 1.165) is 0 Å². The number of rotatable bonds is 4. The first-order chi connectivity index (χ1) is 4.74. The Bertz CT molecular complexity index is 101. The SMILES string of the molecule is CN[C@@H](CO)CC(=O)OC. The maximum Gasteiger partial charge on any atom is 0.307 e. The third-order valence-electron chi connectivity index (χ3n) is 1.27. The molecule has 0 spiro atoms. The van der Waals surface area contributed by atoms with E-state index < -0.39 is 0 Å². The van der Waals surface area contributed by atoms with Crippen LogP contribution in [-0.2, 0) is 9.53 Å². The average Bonchev–Trinajstić information content (AvgIpc) is 1.99. The first-order valence-corrected chi connectivity index (χ1v) is 3.09. The van der Waals surface area contributed by atoms with E-state index >= 15 is 0 Å². The molecule has 0 aliphatic heterocycles. The number of esters is 1. The maximum absolute atomic E-state index is 10.6. The second-order valence-corrected chi connectivity index (χ2v) is 1.95. The van der Waals surface area contributed by atoms with Crippen molar-refractivity contribution in [3.8, 4) is 0 Å². The molecule has 0 amide bonds. The number of aliphatic hydroxyl groups is 1. The second kappa shape index (κ2) is 5.20. The van der Waals surface area contributed by atoms with Crippen LogP contribution >= 0.6 is 0 Å². The van der Waals surface area contributed by atoms with Crippen molar-refractivity contribution < 1.29 is 14.6 Å². The molecule has 0 fully saturated rings. The lowest BCUT2D eigenvalue weighted by Crippen LogP contribution is -2.31. The van der Waals surface area contributed by atoms with Gasteiger partial charge in [-0.3, -0.25) is 4.79 Å². The van der Waals surface area contributed by atoms with E-state index in [1.54, 1.807) is 7.05 Å². The molecule has 4 nitrogen and oxygen atoms in total. The minimum atomic E-state index is -0.312. The van der Waals surface area contributed by atoms with E-state index in [2.05, 4.69) is 10.1 Å². The molecule has 0 aliphatic rings. The fourth-order valence-corrected chi connectivity index (χ4v) is 0.542. The normalized spacial score (nSPS) is 12.7. The van der Waals surface area contributed by atoms with Crippen molar-refractivity contribution in [2.75, 3.05) is 20.8 Å². The lowest BCUT2D eigenvalue weighted by atomic mass is 10.2. The Morgan fingerprint density at radius 3 is 2.70 bits per heavy atom. The number of hydrogen-bond acceptors (Lipinski definition) is 4. The maximum atomic E-state index is 10.6. The quantitative estimate of drug-likeness (QED) is 0.507. The van der Waals surface area contributed by atoms with Crippen LogP contribution < -0.4 is 5.32 Å². The minimum Gasteiger partial charge on any atom is -0.469 e. The van der Waals surface area contributed by atoms with Gasteiger partial charge in [0.25, 0.3) is 0 Å². The standard InChI is InChI=1S/C6H13NO3/c1-7-5(4-8)3-6(9)10-2/h5,7-8H,3-4H2,1-2H3/t5-/m1/s1. The Kier molecular flexibility index (Phi) is 4.88. The van der Waals surface area contributed by atoms with E-state index in [9.17, 15) is 4.79 Å². The van der Waals surface area contributed by atoms with Crippen molar-refractivity contribution in [1.82, 2.24) is 5.32 Å². The van der Waals surface area contributed by atoms with Gasteiger partial charge in [-0.05, 0) is 7.05 Å². The van der Waals surface area contributed by atoms with Gasteiger partial charge in [0.1, 0.15) is 0 Å². The van der Waals surface area contributed by atoms with E-state index in [4.69, 9.17) is 5.11 Å². The molecule has 0 rings (SSSR count). The number of likely N-dealkylation sites (N-methyl/N-ethyl adjacent to an activating group) is 1. The molecule has 1 atom stereocenters. The number of ether oxygens (including phenoxy) is 1. The zero-order valence-corrected chi connectivity index (χ0v) is 6.26. The highest BCUT2D eigenvalue weighted by atomic mass is 16.5. The first kappa shape index (κ1) is 9.39. The summed E-state index contributed by atoms with van der Waals surface area (Å²) >= 11 is 0. The van der Waals surface area contributed by atoms with Gasteiger partial charge in [0.15, 0.2) is 0 Å². The number of methoxy groups -OCH3 is 1. The molecule has 4 heteroatoms. The molecule has 0 unspecified atom stereocenters. The molecule has 0 saturated heterocycles. The molecule has 0 bridgehead atoms. The summed E-state index contributed by atoms with van der Waals surface area (Å²) < 4.78 is 4.39. The smallest absolute Gasteiger partial charge is 0.307 e. The Balaban J connectivity index is 3.52. The van der Waals surface area contributed by atoms with E-state index in [1.807, 2.05) is 0 Å². The Labute approximate surface area is 60.2 Å². The van der Waals surface area contributed by atoms with Crippen LogP contribution in [0.15, 0.2) is 0 Å². The lowest BCUT2D eigenvalue weighted by molar-refractivity contribution is -0.141. The van der Waals surface area contributed by atoms with Gasteiger partial charge in [0, 0.05) is 6.04 Å². The molecule has 0 aromatic carbocycles. The molecule has 60 valence electrons. The van der Waals surface area contributed by atoms with Crippen LogP contribution in [0.2, 0.25) is 0 Å².